The maximum Gasteiger partial charge on any atom is 0.309 e. The normalized spacial score (nSPS) is 15.3. The van der Waals surface area contributed by atoms with Crippen LogP contribution in [0.25, 0.3) is 11.3 Å². The van der Waals surface area contributed by atoms with Crippen LogP contribution in [-0.4, -0.2) is 23.0 Å². The predicted molar refractivity (Wildman–Crippen MR) is 98.5 cm³/mol. The second-order valence-electron chi connectivity index (χ2n) is 6.28. The van der Waals surface area contributed by atoms with Crippen molar-refractivity contribution in [1.29, 1.82) is 0 Å². The van der Waals surface area contributed by atoms with Crippen molar-refractivity contribution in [1.82, 2.24) is 4.98 Å². The molecule has 0 bridgehead atoms. The number of hydrogen-bond donors (Lipinski definition) is 1. The first-order chi connectivity index (χ1) is 12.1. The summed E-state index contributed by atoms with van der Waals surface area (Å²) in [7, 11) is 0. The second-order valence-corrected chi connectivity index (χ2v) is 7.14. The summed E-state index contributed by atoms with van der Waals surface area (Å²) in [5.74, 6) is -0.660. The van der Waals surface area contributed by atoms with Crippen molar-refractivity contribution in [3.05, 3.63) is 35.2 Å². The minimum atomic E-state index is -0.815. The Balaban J connectivity index is 1.58. The number of rotatable bonds is 6. The molecule has 1 fully saturated rings. The van der Waals surface area contributed by atoms with Crippen molar-refractivity contribution in [3.63, 3.8) is 0 Å². The number of nitrogens with zero attached hydrogens (tertiary/aromatic N) is 1. The third-order valence-corrected chi connectivity index (χ3v) is 5.25. The van der Waals surface area contributed by atoms with Gasteiger partial charge in [0.1, 0.15) is 0 Å². The third-order valence-electron chi connectivity index (χ3n) is 4.49. The predicted octanol–water partition coefficient (Wildman–Crippen LogP) is 4.04. The lowest BCUT2D eigenvalue weighted by Gasteiger charge is -2.24. The average Bonchev–Trinajstić information content (AvgIpc) is 3.01. The maximum atomic E-state index is 12.2. The van der Waals surface area contributed by atoms with E-state index in [9.17, 15) is 9.59 Å². The van der Waals surface area contributed by atoms with Crippen LogP contribution in [0.4, 0.5) is 5.13 Å². The lowest BCUT2D eigenvalue weighted by atomic mass is 9.86. The molecule has 0 unspecified atom stereocenters. The van der Waals surface area contributed by atoms with E-state index in [1.807, 2.05) is 17.5 Å². The van der Waals surface area contributed by atoms with Gasteiger partial charge in [-0.3, -0.25) is 14.9 Å². The number of amides is 1. The Morgan fingerprint density at radius 1 is 1.32 bits per heavy atom. The third kappa shape index (κ3) is 4.25. The molecule has 1 heterocycles. The van der Waals surface area contributed by atoms with Crippen LogP contribution in [0.5, 0.6) is 0 Å². The zero-order chi connectivity index (χ0) is 17.8. The Morgan fingerprint density at radius 3 is 2.64 bits per heavy atom. The molecule has 25 heavy (non-hydrogen) atoms. The zero-order valence-corrected chi connectivity index (χ0v) is 15.3. The highest BCUT2D eigenvalue weighted by Crippen LogP contribution is 2.28. The highest BCUT2D eigenvalue weighted by Gasteiger charge is 2.29. The maximum absolute atomic E-state index is 12.2. The highest BCUT2D eigenvalue weighted by molar-refractivity contribution is 7.14. The van der Waals surface area contributed by atoms with Crippen LogP contribution in [0.15, 0.2) is 29.6 Å². The lowest BCUT2D eigenvalue weighted by molar-refractivity contribution is -0.159. The number of ether oxygens (including phenoxy) is 1. The first-order valence-corrected chi connectivity index (χ1v) is 9.51. The Bertz CT molecular complexity index is 750. The molecular formula is C19H22N2O3S. The number of benzene rings is 1. The summed E-state index contributed by atoms with van der Waals surface area (Å²) in [4.78, 5) is 28.4. The molecule has 1 aliphatic carbocycles. The molecule has 0 spiro atoms. The number of thiazole rings is 1. The Kier molecular flexibility index (Phi) is 5.48. The van der Waals surface area contributed by atoms with Crippen LogP contribution in [0, 0.1) is 5.92 Å². The molecule has 3 rings (SSSR count). The molecule has 0 saturated heterocycles. The topological polar surface area (TPSA) is 68.3 Å². The van der Waals surface area contributed by atoms with E-state index >= 15 is 0 Å². The number of carbonyl (C=O) groups excluding carboxylic acids is 2. The Hall–Kier alpha value is -2.21. The first kappa shape index (κ1) is 17.6. The summed E-state index contributed by atoms with van der Waals surface area (Å²) in [5, 5.41) is 5.14. The Labute approximate surface area is 151 Å². The molecule has 1 aliphatic rings. The van der Waals surface area contributed by atoms with Gasteiger partial charge in [0.2, 0.25) is 0 Å². The van der Waals surface area contributed by atoms with Gasteiger partial charge in [0.15, 0.2) is 11.2 Å². The molecule has 1 N–H and O–H groups in total. The standard InChI is InChI=1S/C19H22N2O3S/c1-3-13-7-9-14(10-8-13)16-11-25-19(20-16)21-17(22)12(2)24-18(23)15-5-4-6-15/h7-12,15H,3-6H2,1-2H3,(H,20,21,22)/t12-/m1/s1. The number of anilines is 1. The van der Waals surface area contributed by atoms with E-state index < -0.39 is 6.10 Å². The fourth-order valence-electron chi connectivity index (χ4n) is 2.55. The summed E-state index contributed by atoms with van der Waals surface area (Å²) >= 11 is 1.36. The van der Waals surface area contributed by atoms with E-state index in [1.165, 1.54) is 16.9 Å². The van der Waals surface area contributed by atoms with Gasteiger partial charge in [-0.25, -0.2) is 4.98 Å². The van der Waals surface area contributed by atoms with E-state index in [1.54, 1.807) is 6.92 Å². The van der Waals surface area contributed by atoms with E-state index in [-0.39, 0.29) is 17.8 Å². The molecule has 5 nitrogen and oxygen atoms in total. The average molecular weight is 358 g/mol. The molecule has 1 atom stereocenters. The molecule has 1 aromatic carbocycles. The van der Waals surface area contributed by atoms with Gasteiger partial charge in [-0.05, 0) is 31.7 Å². The monoisotopic (exact) mass is 358 g/mol. The largest absolute Gasteiger partial charge is 0.452 e. The van der Waals surface area contributed by atoms with Gasteiger partial charge < -0.3 is 4.74 Å². The lowest BCUT2D eigenvalue weighted by Crippen LogP contribution is -2.34. The van der Waals surface area contributed by atoms with Gasteiger partial charge in [-0.2, -0.15) is 0 Å². The number of esters is 1. The second kappa shape index (κ2) is 7.78. The minimum Gasteiger partial charge on any atom is -0.452 e. The summed E-state index contributed by atoms with van der Waals surface area (Å²) in [6, 6.07) is 8.22. The van der Waals surface area contributed by atoms with Gasteiger partial charge in [0.25, 0.3) is 5.91 Å². The van der Waals surface area contributed by atoms with Crippen LogP contribution in [0.2, 0.25) is 0 Å². The van der Waals surface area contributed by atoms with Crippen LogP contribution < -0.4 is 5.32 Å². The fraction of sp³-hybridized carbons (Fsp3) is 0.421. The van der Waals surface area contributed by atoms with Crippen molar-refractivity contribution in [2.45, 2.75) is 45.6 Å². The highest BCUT2D eigenvalue weighted by atomic mass is 32.1. The molecule has 1 saturated carbocycles. The summed E-state index contributed by atoms with van der Waals surface area (Å²) in [6.45, 7) is 3.70. The van der Waals surface area contributed by atoms with Crippen molar-refractivity contribution >= 4 is 28.3 Å². The number of nitrogens with one attached hydrogen (secondary N) is 1. The number of aromatic nitrogens is 1. The van der Waals surface area contributed by atoms with E-state index in [0.29, 0.717) is 5.13 Å². The molecule has 0 aliphatic heterocycles. The zero-order valence-electron chi connectivity index (χ0n) is 14.5. The minimum absolute atomic E-state index is 0.0344. The summed E-state index contributed by atoms with van der Waals surface area (Å²) in [6.07, 6.45) is 2.96. The van der Waals surface area contributed by atoms with Gasteiger partial charge in [-0.1, -0.05) is 37.6 Å². The summed E-state index contributed by atoms with van der Waals surface area (Å²) < 4.78 is 5.23. The van der Waals surface area contributed by atoms with E-state index in [4.69, 9.17) is 4.74 Å². The van der Waals surface area contributed by atoms with Gasteiger partial charge in [-0.15, -0.1) is 11.3 Å². The number of carbonyl (C=O) groups is 2. The number of aryl methyl sites for hydroxylation is 1. The SMILES string of the molecule is CCc1ccc(-c2csc(NC(=O)[C@@H](C)OC(=O)C3CCC3)n2)cc1. The van der Waals surface area contributed by atoms with Crippen LogP contribution in [-0.2, 0) is 20.7 Å². The van der Waals surface area contributed by atoms with Crippen molar-refractivity contribution in [3.8, 4) is 11.3 Å². The molecule has 6 heteroatoms. The van der Waals surface area contributed by atoms with E-state index in [2.05, 4.69) is 29.4 Å². The van der Waals surface area contributed by atoms with Crippen LogP contribution in [0.3, 0.4) is 0 Å². The van der Waals surface area contributed by atoms with E-state index in [0.717, 1.165) is 36.9 Å². The van der Waals surface area contributed by atoms with Crippen molar-refractivity contribution < 1.29 is 14.3 Å². The molecule has 1 amide bonds. The summed E-state index contributed by atoms with van der Waals surface area (Å²) in [5.41, 5.74) is 3.11. The molecule has 1 aromatic heterocycles. The quantitative estimate of drug-likeness (QED) is 0.791. The first-order valence-electron chi connectivity index (χ1n) is 8.63. The van der Waals surface area contributed by atoms with Gasteiger partial charge >= 0.3 is 5.97 Å². The fourth-order valence-corrected chi connectivity index (χ4v) is 3.27. The Morgan fingerprint density at radius 2 is 2.04 bits per heavy atom. The van der Waals surface area contributed by atoms with Crippen molar-refractivity contribution in [2.75, 3.05) is 5.32 Å². The van der Waals surface area contributed by atoms with Crippen molar-refractivity contribution in [2.24, 2.45) is 5.92 Å². The van der Waals surface area contributed by atoms with Gasteiger partial charge in [0, 0.05) is 10.9 Å². The van der Waals surface area contributed by atoms with Crippen LogP contribution in [0.1, 0.15) is 38.7 Å². The number of hydrogen-bond acceptors (Lipinski definition) is 5. The van der Waals surface area contributed by atoms with Crippen LogP contribution >= 0.6 is 11.3 Å². The molecule has 2 aromatic rings. The molecule has 132 valence electrons. The molecular weight excluding hydrogens is 336 g/mol. The molecule has 0 radical (unpaired) electrons. The van der Waals surface area contributed by atoms with Gasteiger partial charge in [0.05, 0.1) is 11.6 Å². The smallest absolute Gasteiger partial charge is 0.309 e.